The van der Waals surface area contributed by atoms with E-state index in [-0.39, 0.29) is 16.8 Å². The third-order valence-electron chi connectivity index (χ3n) is 4.86. The summed E-state index contributed by atoms with van der Waals surface area (Å²) in [6.07, 6.45) is 1.17. The number of nitrogens with one attached hydrogen (secondary N) is 1. The fourth-order valence-electron chi connectivity index (χ4n) is 3.20. The van der Waals surface area contributed by atoms with Crippen LogP contribution in [-0.2, 0) is 14.6 Å². The standard InChI is InChI=1S/C23H25NO4S/c1-4-21(18-12-14-19(15-13-18)29(3,26)27)24-23(25)16(2)28-22-11-7-9-17-8-5-6-10-20(17)22/h5-16,21H,4H2,1-3H3,(H,24,25)/t16-,21-/m1/s1. The molecular weight excluding hydrogens is 386 g/mol. The van der Waals surface area contributed by atoms with Gasteiger partial charge >= 0.3 is 0 Å². The Labute approximate surface area is 171 Å². The van der Waals surface area contributed by atoms with E-state index in [4.69, 9.17) is 4.74 Å². The number of hydrogen-bond acceptors (Lipinski definition) is 4. The predicted molar refractivity (Wildman–Crippen MR) is 115 cm³/mol. The molecule has 2 atom stereocenters. The third-order valence-corrected chi connectivity index (χ3v) is 5.99. The van der Waals surface area contributed by atoms with Crippen molar-refractivity contribution in [3.8, 4) is 5.75 Å². The van der Waals surface area contributed by atoms with Crippen LogP contribution in [0.5, 0.6) is 5.75 Å². The molecule has 3 rings (SSSR count). The molecule has 1 N–H and O–H groups in total. The van der Waals surface area contributed by atoms with Gasteiger partial charge in [0.1, 0.15) is 5.75 Å². The van der Waals surface area contributed by atoms with E-state index in [1.807, 2.05) is 49.4 Å². The molecule has 0 unspecified atom stereocenters. The molecule has 3 aromatic carbocycles. The molecule has 6 heteroatoms. The maximum Gasteiger partial charge on any atom is 0.261 e. The van der Waals surface area contributed by atoms with Gasteiger partial charge in [-0.25, -0.2) is 8.42 Å². The topological polar surface area (TPSA) is 72.5 Å². The highest BCUT2D eigenvalue weighted by molar-refractivity contribution is 7.90. The van der Waals surface area contributed by atoms with Crippen molar-refractivity contribution in [2.45, 2.75) is 37.3 Å². The Balaban J connectivity index is 1.72. The number of amides is 1. The zero-order valence-corrected chi connectivity index (χ0v) is 17.6. The minimum atomic E-state index is -3.25. The van der Waals surface area contributed by atoms with Gasteiger partial charge in [-0.3, -0.25) is 4.79 Å². The van der Waals surface area contributed by atoms with Crippen LogP contribution in [0.3, 0.4) is 0 Å². The Bertz CT molecular complexity index is 1100. The monoisotopic (exact) mass is 411 g/mol. The van der Waals surface area contributed by atoms with Crippen molar-refractivity contribution in [1.29, 1.82) is 0 Å². The second kappa shape index (κ2) is 8.66. The first kappa shape index (κ1) is 20.9. The van der Waals surface area contributed by atoms with Crippen LogP contribution in [0.4, 0.5) is 0 Å². The second-order valence-electron chi connectivity index (χ2n) is 7.05. The maximum atomic E-state index is 12.7. The average Bonchev–Trinajstić information content (AvgIpc) is 2.71. The summed E-state index contributed by atoms with van der Waals surface area (Å²) < 4.78 is 29.2. The van der Waals surface area contributed by atoms with Gasteiger partial charge in [0.2, 0.25) is 0 Å². The summed E-state index contributed by atoms with van der Waals surface area (Å²) in [5, 5.41) is 5.00. The van der Waals surface area contributed by atoms with Crippen LogP contribution in [0.2, 0.25) is 0 Å². The van der Waals surface area contributed by atoms with Gasteiger partial charge in [0.05, 0.1) is 10.9 Å². The SMILES string of the molecule is CC[C@@H](NC(=O)[C@@H](C)Oc1cccc2ccccc12)c1ccc(S(C)(=O)=O)cc1. The number of ether oxygens (including phenoxy) is 1. The highest BCUT2D eigenvalue weighted by atomic mass is 32.2. The van der Waals surface area contributed by atoms with E-state index in [1.165, 1.54) is 6.26 Å². The van der Waals surface area contributed by atoms with E-state index < -0.39 is 15.9 Å². The lowest BCUT2D eigenvalue weighted by Gasteiger charge is -2.21. The molecule has 0 radical (unpaired) electrons. The Morgan fingerprint density at radius 2 is 1.66 bits per heavy atom. The molecule has 0 saturated heterocycles. The molecule has 0 aliphatic rings. The number of sulfone groups is 1. The van der Waals surface area contributed by atoms with Crippen LogP contribution < -0.4 is 10.1 Å². The van der Waals surface area contributed by atoms with Gasteiger partial charge in [-0.1, -0.05) is 55.5 Å². The van der Waals surface area contributed by atoms with Crippen molar-refractivity contribution in [1.82, 2.24) is 5.32 Å². The molecule has 0 fully saturated rings. The number of carbonyl (C=O) groups excluding carboxylic acids is 1. The van der Waals surface area contributed by atoms with E-state index >= 15 is 0 Å². The third kappa shape index (κ3) is 4.95. The number of hydrogen-bond donors (Lipinski definition) is 1. The van der Waals surface area contributed by atoms with E-state index in [2.05, 4.69) is 5.32 Å². The quantitative estimate of drug-likeness (QED) is 0.630. The zero-order valence-electron chi connectivity index (χ0n) is 16.8. The summed E-state index contributed by atoms with van der Waals surface area (Å²) in [6.45, 7) is 3.68. The summed E-state index contributed by atoms with van der Waals surface area (Å²) in [6, 6.07) is 20.0. The molecule has 0 aromatic heterocycles. The maximum absolute atomic E-state index is 12.7. The molecule has 0 saturated carbocycles. The Morgan fingerprint density at radius 1 is 1.00 bits per heavy atom. The van der Waals surface area contributed by atoms with Crippen LogP contribution in [0.15, 0.2) is 71.6 Å². The smallest absolute Gasteiger partial charge is 0.261 e. The Morgan fingerprint density at radius 3 is 2.31 bits per heavy atom. The van der Waals surface area contributed by atoms with Gasteiger partial charge in [-0.05, 0) is 42.5 Å². The fourth-order valence-corrected chi connectivity index (χ4v) is 3.83. The Kier molecular flexibility index (Phi) is 6.23. The zero-order chi connectivity index (χ0) is 21.0. The molecule has 29 heavy (non-hydrogen) atoms. The van der Waals surface area contributed by atoms with Crippen LogP contribution in [-0.4, -0.2) is 26.7 Å². The molecule has 0 heterocycles. The van der Waals surface area contributed by atoms with E-state index in [1.54, 1.807) is 31.2 Å². The number of benzene rings is 3. The highest BCUT2D eigenvalue weighted by Gasteiger charge is 2.20. The van der Waals surface area contributed by atoms with Crippen molar-refractivity contribution in [2.75, 3.05) is 6.26 Å². The minimum absolute atomic E-state index is 0.225. The molecule has 3 aromatic rings. The summed E-state index contributed by atoms with van der Waals surface area (Å²) in [5.41, 5.74) is 0.852. The normalized spacial score (nSPS) is 13.6. The summed E-state index contributed by atoms with van der Waals surface area (Å²) in [4.78, 5) is 13.0. The first-order valence-corrected chi connectivity index (χ1v) is 11.4. The average molecular weight is 412 g/mol. The van der Waals surface area contributed by atoms with Crippen molar-refractivity contribution >= 4 is 26.5 Å². The molecule has 1 amide bonds. The van der Waals surface area contributed by atoms with Crippen molar-refractivity contribution in [3.63, 3.8) is 0 Å². The number of rotatable bonds is 7. The minimum Gasteiger partial charge on any atom is -0.480 e. The van der Waals surface area contributed by atoms with Crippen molar-refractivity contribution in [2.24, 2.45) is 0 Å². The van der Waals surface area contributed by atoms with Gasteiger partial charge in [-0.15, -0.1) is 0 Å². The molecular formula is C23H25NO4S. The van der Waals surface area contributed by atoms with Gasteiger partial charge in [-0.2, -0.15) is 0 Å². The van der Waals surface area contributed by atoms with E-state index in [0.717, 1.165) is 16.3 Å². The summed E-state index contributed by atoms with van der Waals surface area (Å²) in [5.74, 6) is 0.438. The second-order valence-corrected chi connectivity index (χ2v) is 9.06. The van der Waals surface area contributed by atoms with Crippen LogP contribution in [0.25, 0.3) is 10.8 Å². The first-order valence-electron chi connectivity index (χ1n) is 9.54. The summed E-state index contributed by atoms with van der Waals surface area (Å²) >= 11 is 0. The van der Waals surface area contributed by atoms with Crippen molar-refractivity contribution in [3.05, 3.63) is 72.3 Å². The number of fused-ring (bicyclic) bond motifs is 1. The summed E-state index contributed by atoms with van der Waals surface area (Å²) in [7, 11) is -3.25. The molecule has 5 nitrogen and oxygen atoms in total. The van der Waals surface area contributed by atoms with Gasteiger partial charge in [0.15, 0.2) is 15.9 Å². The van der Waals surface area contributed by atoms with Gasteiger partial charge < -0.3 is 10.1 Å². The van der Waals surface area contributed by atoms with Crippen LogP contribution >= 0.6 is 0 Å². The van der Waals surface area contributed by atoms with Crippen LogP contribution in [0, 0.1) is 0 Å². The predicted octanol–water partition coefficient (Wildman–Crippen LogP) is 4.28. The van der Waals surface area contributed by atoms with Gasteiger partial charge in [0, 0.05) is 11.6 Å². The Hall–Kier alpha value is -2.86. The molecule has 0 aliphatic carbocycles. The lowest BCUT2D eigenvalue weighted by atomic mass is 10.0. The fraction of sp³-hybridized carbons (Fsp3) is 0.261. The van der Waals surface area contributed by atoms with E-state index in [9.17, 15) is 13.2 Å². The molecule has 152 valence electrons. The largest absolute Gasteiger partial charge is 0.480 e. The molecule has 0 spiro atoms. The number of carbonyl (C=O) groups is 1. The highest BCUT2D eigenvalue weighted by Crippen LogP contribution is 2.26. The first-order chi connectivity index (χ1) is 13.8. The van der Waals surface area contributed by atoms with Gasteiger partial charge in [0.25, 0.3) is 5.91 Å². The lowest BCUT2D eigenvalue weighted by Crippen LogP contribution is -2.38. The van der Waals surface area contributed by atoms with Crippen molar-refractivity contribution < 1.29 is 17.9 Å². The van der Waals surface area contributed by atoms with Crippen LogP contribution in [0.1, 0.15) is 31.9 Å². The molecule has 0 bridgehead atoms. The molecule has 0 aliphatic heterocycles. The van der Waals surface area contributed by atoms with E-state index in [0.29, 0.717) is 12.2 Å². The lowest BCUT2D eigenvalue weighted by molar-refractivity contribution is -0.128.